The smallest absolute Gasteiger partial charge is 0.312 e. The average Bonchev–Trinajstić information content (AvgIpc) is 3.04. The van der Waals surface area contributed by atoms with E-state index in [1.54, 1.807) is 37.0 Å². The first-order valence-corrected chi connectivity index (χ1v) is 8.74. The molecular formula is C20H27FN4O. The summed E-state index contributed by atoms with van der Waals surface area (Å²) in [5.41, 5.74) is 4.87. The minimum Gasteiger partial charge on any atom is -0.312 e. The number of piperidine rings is 1. The standard InChI is InChI=1S/C12H18N4O.C8H9F/c1-8-11(10(13-3)4-5-14-8)9(2)16-7-6-15-12(16)17;1-6-3-4-8(9)7(2)5-6/h6-8,14H,4-5H2,1-3H3,(H,15,17);3-5H,1-2H3/b11-9+,13-10?;/t8-;/m0./s1. The van der Waals surface area contributed by atoms with Gasteiger partial charge in [0.2, 0.25) is 0 Å². The molecule has 1 aliphatic rings. The fraction of sp³-hybridized carbons (Fsp3) is 0.400. The molecule has 0 bridgehead atoms. The van der Waals surface area contributed by atoms with Gasteiger partial charge in [-0.25, -0.2) is 9.18 Å². The van der Waals surface area contributed by atoms with Crippen LogP contribution in [0.2, 0.25) is 0 Å². The highest BCUT2D eigenvalue weighted by molar-refractivity contribution is 6.06. The second kappa shape index (κ2) is 8.76. The Labute approximate surface area is 153 Å². The zero-order chi connectivity index (χ0) is 19.3. The van der Waals surface area contributed by atoms with Gasteiger partial charge in [0.15, 0.2) is 0 Å². The van der Waals surface area contributed by atoms with Crippen molar-refractivity contribution in [2.45, 2.75) is 40.2 Å². The number of rotatable bonds is 1. The van der Waals surface area contributed by atoms with Crippen molar-refractivity contribution in [1.82, 2.24) is 14.9 Å². The second-order valence-electron chi connectivity index (χ2n) is 6.48. The number of allylic oxidation sites excluding steroid dienone is 1. The van der Waals surface area contributed by atoms with Crippen molar-refractivity contribution in [2.75, 3.05) is 13.6 Å². The zero-order valence-corrected chi connectivity index (χ0v) is 16.1. The summed E-state index contributed by atoms with van der Waals surface area (Å²) in [6, 6.07) is 5.31. The number of nitrogens with zero attached hydrogens (tertiary/aromatic N) is 2. The molecule has 3 rings (SSSR count). The molecule has 1 aromatic carbocycles. The fourth-order valence-electron chi connectivity index (χ4n) is 3.16. The summed E-state index contributed by atoms with van der Waals surface area (Å²) in [4.78, 5) is 18.6. The highest BCUT2D eigenvalue weighted by atomic mass is 19.1. The average molecular weight is 358 g/mol. The van der Waals surface area contributed by atoms with Crippen molar-refractivity contribution in [1.29, 1.82) is 0 Å². The van der Waals surface area contributed by atoms with E-state index in [-0.39, 0.29) is 17.5 Å². The number of aromatic amines is 1. The summed E-state index contributed by atoms with van der Waals surface area (Å²) >= 11 is 0. The Bertz CT molecular complexity index is 876. The van der Waals surface area contributed by atoms with Crippen molar-refractivity contribution in [3.8, 4) is 0 Å². The number of hydrogen-bond acceptors (Lipinski definition) is 3. The number of aryl methyl sites for hydroxylation is 2. The Morgan fingerprint density at radius 1 is 1.35 bits per heavy atom. The molecule has 1 fully saturated rings. The molecule has 0 spiro atoms. The van der Waals surface area contributed by atoms with Crippen LogP contribution in [0.1, 0.15) is 31.4 Å². The molecule has 0 saturated carbocycles. The third-order valence-electron chi connectivity index (χ3n) is 4.54. The van der Waals surface area contributed by atoms with Crippen LogP contribution >= 0.6 is 0 Å². The Balaban J connectivity index is 0.000000228. The number of imidazole rings is 1. The molecule has 0 radical (unpaired) electrons. The van der Waals surface area contributed by atoms with Crippen LogP contribution in [0.15, 0.2) is 46.0 Å². The van der Waals surface area contributed by atoms with Gasteiger partial charge in [0.25, 0.3) is 0 Å². The lowest BCUT2D eigenvalue weighted by atomic mass is 9.94. The third kappa shape index (κ3) is 4.58. The van der Waals surface area contributed by atoms with E-state index in [4.69, 9.17) is 0 Å². The van der Waals surface area contributed by atoms with Crippen molar-refractivity contribution < 1.29 is 4.39 Å². The molecule has 0 unspecified atom stereocenters. The molecule has 26 heavy (non-hydrogen) atoms. The Morgan fingerprint density at radius 3 is 2.62 bits per heavy atom. The molecule has 2 aromatic rings. The lowest BCUT2D eigenvalue weighted by Gasteiger charge is -2.27. The molecule has 140 valence electrons. The van der Waals surface area contributed by atoms with Gasteiger partial charge < -0.3 is 10.3 Å². The van der Waals surface area contributed by atoms with Crippen LogP contribution in [0.5, 0.6) is 0 Å². The van der Waals surface area contributed by atoms with Gasteiger partial charge in [-0.2, -0.15) is 0 Å². The van der Waals surface area contributed by atoms with Crippen molar-refractivity contribution in [2.24, 2.45) is 4.99 Å². The highest BCUT2D eigenvalue weighted by Crippen LogP contribution is 2.19. The first-order valence-electron chi connectivity index (χ1n) is 8.74. The summed E-state index contributed by atoms with van der Waals surface area (Å²) in [6.07, 6.45) is 4.31. The van der Waals surface area contributed by atoms with Crippen LogP contribution in [0.25, 0.3) is 5.70 Å². The first kappa shape index (κ1) is 19.8. The predicted molar refractivity (Wildman–Crippen MR) is 105 cm³/mol. The number of nitrogens with one attached hydrogen (secondary N) is 2. The molecule has 0 amide bonds. The van der Waals surface area contributed by atoms with Gasteiger partial charge in [-0.15, -0.1) is 0 Å². The minimum absolute atomic E-state index is 0.108. The largest absolute Gasteiger partial charge is 0.329 e. The summed E-state index contributed by atoms with van der Waals surface area (Å²) in [6.45, 7) is 8.71. The predicted octanol–water partition coefficient (Wildman–Crippen LogP) is 3.30. The van der Waals surface area contributed by atoms with Crippen LogP contribution in [0, 0.1) is 19.7 Å². The zero-order valence-electron chi connectivity index (χ0n) is 16.1. The van der Waals surface area contributed by atoms with Gasteiger partial charge in [-0.05, 0) is 39.3 Å². The minimum atomic E-state index is -0.124. The van der Waals surface area contributed by atoms with E-state index in [0.29, 0.717) is 0 Å². The van der Waals surface area contributed by atoms with Crippen LogP contribution in [-0.4, -0.2) is 34.9 Å². The molecule has 2 heterocycles. The van der Waals surface area contributed by atoms with E-state index in [9.17, 15) is 9.18 Å². The van der Waals surface area contributed by atoms with Crippen LogP contribution < -0.4 is 11.0 Å². The van der Waals surface area contributed by atoms with E-state index in [0.717, 1.165) is 41.1 Å². The van der Waals surface area contributed by atoms with Crippen LogP contribution in [0.3, 0.4) is 0 Å². The lowest BCUT2D eigenvalue weighted by Crippen LogP contribution is -2.40. The second-order valence-corrected chi connectivity index (χ2v) is 6.48. The quantitative estimate of drug-likeness (QED) is 0.822. The van der Waals surface area contributed by atoms with Gasteiger partial charge in [0, 0.05) is 55.4 Å². The number of hydrogen-bond donors (Lipinski definition) is 2. The first-order chi connectivity index (χ1) is 12.3. The van der Waals surface area contributed by atoms with Crippen LogP contribution in [0.4, 0.5) is 4.39 Å². The van der Waals surface area contributed by atoms with Crippen molar-refractivity contribution in [3.05, 3.63) is 63.6 Å². The van der Waals surface area contributed by atoms with Gasteiger partial charge in [0.1, 0.15) is 5.82 Å². The van der Waals surface area contributed by atoms with Crippen LogP contribution in [-0.2, 0) is 0 Å². The van der Waals surface area contributed by atoms with Crippen molar-refractivity contribution in [3.63, 3.8) is 0 Å². The van der Waals surface area contributed by atoms with Gasteiger partial charge >= 0.3 is 5.69 Å². The molecule has 1 aromatic heterocycles. The molecule has 2 N–H and O–H groups in total. The highest BCUT2D eigenvalue weighted by Gasteiger charge is 2.22. The maximum absolute atomic E-state index is 12.5. The Kier molecular flexibility index (Phi) is 6.69. The number of H-pyrrole nitrogens is 1. The summed E-state index contributed by atoms with van der Waals surface area (Å²) in [7, 11) is 1.81. The van der Waals surface area contributed by atoms with E-state index < -0.39 is 0 Å². The molecule has 0 aliphatic carbocycles. The number of benzene rings is 1. The van der Waals surface area contributed by atoms with E-state index in [2.05, 4.69) is 22.2 Å². The lowest BCUT2D eigenvalue weighted by molar-refractivity contribution is 0.605. The number of aromatic nitrogens is 2. The Morgan fingerprint density at radius 2 is 2.08 bits per heavy atom. The van der Waals surface area contributed by atoms with Gasteiger partial charge in [-0.3, -0.25) is 9.56 Å². The molecular weight excluding hydrogens is 331 g/mol. The molecule has 6 heteroatoms. The maximum atomic E-state index is 12.5. The number of aliphatic imine (C=N–C) groups is 1. The van der Waals surface area contributed by atoms with E-state index >= 15 is 0 Å². The topological polar surface area (TPSA) is 62.2 Å². The summed E-state index contributed by atoms with van der Waals surface area (Å²) in [5.74, 6) is -0.124. The molecule has 1 atom stereocenters. The van der Waals surface area contributed by atoms with E-state index in [1.165, 1.54) is 6.07 Å². The summed E-state index contributed by atoms with van der Waals surface area (Å²) < 4.78 is 14.1. The maximum Gasteiger partial charge on any atom is 0.329 e. The third-order valence-corrected chi connectivity index (χ3v) is 4.54. The molecule has 1 saturated heterocycles. The summed E-state index contributed by atoms with van der Waals surface area (Å²) in [5, 5.41) is 3.39. The SMILES string of the molecule is CN=C1CCN[C@@H](C)/C1=C(/C)n1cc[nH]c1=O.Cc1ccc(F)c(C)c1. The normalized spacial score (nSPS) is 20.5. The van der Waals surface area contributed by atoms with Gasteiger partial charge in [-0.1, -0.05) is 17.7 Å². The molecule has 5 nitrogen and oxygen atoms in total. The molecule has 1 aliphatic heterocycles. The fourth-order valence-corrected chi connectivity index (χ4v) is 3.16. The van der Waals surface area contributed by atoms with E-state index in [1.807, 2.05) is 19.9 Å². The number of halogens is 1. The Hall–Kier alpha value is -2.47. The van der Waals surface area contributed by atoms with Gasteiger partial charge in [0.05, 0.1) is 0 Å². The van der Waals surface area contributed by atoms with Crippen molar-refractivity contribution >= 4 is 11.4 Å². The monoisotopic (exact) mass is 358 g/mol.